The van der Waals surface area contributed by atoms with Crippen LogP contribution in [-0.2, 0) is 6.54 Å². The molecule has 0 bridgehead atoms. The van der Waals surface area contributed by atoms with E-state index in [1.165, 1.54) is 0 Å². The Morgan fingerprint density at radius 2 is 2.27 bits per heavy atom. The van der Waals surface area contributed by atoms with E-state index in [2.05, 4.69) is 20.9 Å². The first-order valence-corrected chi connectivity index (χ1v) is 7.29. The largest absolute Gasteiger partial charge is 0.497 e. The molecule has 22 heavy (non-hydrogen) atoms. The van der Waals surface area contributed by atoms with Crippen LogP contribution in [0.5, 0.6) is 5.75 Å². The predicted molar refractivity (Wildman–Crippen MR) is 83.2 cm³/mol. The monoisotopic (exact) mass is 300 g/mol. The molecule has 0 saturated carbocycles. The molecule has 0 radical (unpaired) electrons. The lowest BCUT2D eigenvalue weighted by Crippen LogP contribution is -2.25. The Morgan fingerprint density at radius 3 is 3.05 bits per heavy atom. The molecule has 3 rings (SSSR count). The molecule has 0 unspecified atom stereocenters. The molecule has 1 saturated heterocycles. The summed E-state index contributed by atoms with van der Waals surface area (Å²) in [5.74, 6) is 1.95. The molecule has 6 nitrogen and oxygen atoms in total. The number of nitrogens with two attached hydrogens (primary N) is 1. The van der Waals surface area contributed by atoms with Gasteiger partial charge in [0.15, 0.2) is 0 Å². The van der Waals surface area contributed by atoms with Gasteiger partial charge in [-0.3, -0.25) is 4.90 Å². The number of hydrogen-bond acceptors (Lipinski definition) is 6. The summed E-state index contributed by atoms with van der Waals surface area (Å²) in [5, 5.41) is 10.1. The molecule has 116 valence electrons. The van der Waals surface area contributed by atoms with E-state index < -0.39 is 0 Å². The average Bonchev–Trinajstić information content (AvgIpc) is 2.88. The number of hydrogen-bond donors (Lipinski definition) is 2. The van der Waals surface area contributed by atoms with Crippen LogP contribution in [0, 0.1) is 0 Å². The minimum absolute atomic E-state index is 0.120. The van der Waals surface area contributed by atoms with Crippen molar-refractivity contribution in [3.8, 4) is 5.75 Å². The normalized spacial score (nSPS) is 21.9. The van der Waals surface area contributed by atoms with Gasteiger partial charge in [0.25, 0.3) is 0 Å². The first kappa shape index (κ1) is 14.7. The van der Waals surface area contributed by atoms with Gasteiger partial charge < -0.3 is 15.6 Å². The van der Waals surface area contributed by atoms with Gasteiger partial charge in [-0.1, -0.05) is 12.1 Å². The van der Waals surface area contributed by atoms with Crippen molar-refractivity contribution in [3.63, 3.8) is 0 Å². The van der Waals surface area contributed by atoms with Crippen molar-refractivity contribution in [3.05, 3.63) is 47.9 Å². The zero-order valence-electron chi connectivity index (χ0n) is 12.5. The summed E-state index contributed by atoms with van der Waals surface area (Å²) in [4.78, 5) is 10.7. The second kappa shape index (κ2) is 6.29. The van der Waals surface area contributed by atoms with E-state index in [0.29, 0.717) is 31.2 Å². The first-order chi connectivity index (χ1) is 10.7. The van der Waals surface area contributed by atoms with Gasteiger partial charge in [-0.15, -0.1) is 0 Å². The van der Waals surface area contributed by atoms with Gasteiger partial charge in [0.2, 0.25) is 0 Å². The molecule has 1 aromatic heterocycles. The van der Waals surface area contributed by atoms with Crippen molar-refractivity contribution >= 4 is 5.82 Å². The van der Waals surface area contributed by atoms with E-state index in [9.17, 15) is 5.11 Å². The van der Waals surface area contributed by atoms with Gasteiger partial charge in [-0.2, -0.15) is 0 Å². The number of benzene rings is 1. The SMILES string of the molecule is COc1cccc([C@@H]2C[C@@H](O)CN2Cc2nccc(N)n2)c1. The number of ether oxygens (including phenoxy) is 1. The van der Waals surface area contributed by atoms with Crippen LogP contribution in [0.3, 0.4) is 0 Å². The molecular weight excluding hydrogens is 280 g/mol. The van der Waals surface area contributed by atoms with E-state index in [-0.39, 0.29) is 12.1 Å². The number of aliphatic hydroxyl groups excluding tert-OH is 1. The number of methoxy groups -OCH3 is 1. The topological polar surface area (TPSA) is 84.5 Å². The molecule has 1 aliphatic heterocycles. The molecule has 0 aliphatic carbocycles. The quantitative estimate of drug-likeness (QED) is 0.887. The lowest BCUT2D eigenvalue weighted by Gasteiger charge is -2.24. The molecule has 0 amide bonds. The van der Waals surface area contributed by atoms with E-state index in [1.54, 1.807) is 19.4 Å². The average molecular weight is 300 g/mol. The molecule has 2 heterocycles. The molecule has 1 fully saturated rings. The smallest absolute Gasteiger partial charge is 0.144 e. The fourth-order valence-electron chi connectivity index (χ4n) is 2.92. The number of nitrogen functional groups attached to an aromatic ring is 1. The lowest BCUT2D eigenvalue weighted by molar-refractivity contribution is 0.171. The highest BCUT2D eigenvalue weighted by Gasteiger charge is 2.32. The number of rotatable bonds is 4. The third-order valence-electron chi connectivity index (χ3n) is 3.93. The summed E-state index contributed by atoms with van der Waals surface area (Å²) in [7, 11) is 1.65. The molecule has 6 heteroatoms. The molecule has 1 aromatic carbocycles. The highest BCUT2D eigenvalue weighted by atomic mass is 16.5. The number of aliphatic hydroxyl groups is 1. The second-order valence-electron chi connectivity index (χ2n) is 5.51. The molecule has 3 N–H and O–H groups in total. The third-order valence-corrected chi connectivity index (χ3v) is 3.93. The van der Waals surface area contributed by atoms with Gasteiger partial charge in [0, 0.05) is 18.8 Å². The molecule has 0 spiro atoms. The van der Waals surface area contributed by atoms with Crippen LogP contribution in [-0.4, -0.2) is 39.7 Å². The summed E-state index contributed by atoms with van der Waals surface area (Å²) in [6.07, 6.45) is 2.00. The first-order valence-electron chi connectivity index (χ1n) is 7.29. The van der Waals surface area contributed by atoms with Crippen molar-refractivity contribution in [2.24, 2.45) is 0 Å². The Kier molecular flexibility index (Phi) is 4.22. The van der Waals surface area contributed by atoms with Crippen LogP contribution in [0.2, 0.25) is 0 Å². The van der Waals surface area contributed by atoms with Crippen LogP contribution in [0.4, 0.5) is 5.82 Å². The van der Waals surface area contributed by atoms with Crippen LogP contribution < -0.4 is 10.5 Å². The van der Waals surface area contributed by atoms with Gasteiger partial charge in [-0.25, -0.2) is 9.97 Å². The molecular formula is C16H20N4O2. The molecule has 1 aliphatic rings. The Labute approximate surface area is 129 Å². The van der Waals surface area contributed by atoms with Gasteiger partial charge >= 0.3 is 0 Å². The van der Waals surface area contributed by atoms with Crippen molar-refractivity contribution in [2.45, 2.75) is 25.1 Å². The summed E-state index contributed by atoms with van der Waals surface area (Å²) < 4.78 is 5.29. The van der Waals surface area contributed by atoms with E-state index >= 15 is 0 Å². The fraction of sp³-hybridized carbons (Fsp3) is 0.375. The number of aromatic nitrogens is 2. The number of likely N-dealkylation sites (tertiary alicyclic amines) is 1. The van der Waals surface area contributed by atoms with E-state index in [1.807, 2.05) is 18.2 Å². The highest BCUT2D eigenvalue weighted by molar-refractivity contribution is 5.31. The number of β-amino-alcohol motifs (C(OH)–C–C–N with tert-alkyl or cyclic N) is 1. The predicted octanol–water partition coefficient (Wildman–Crippen LogP) is 1.38. The standard InChI is InChI=1S/C16H20N4O2/c1-22-13-4-2-3-11(7-13)14-8-12(21)9-20(14)10-16-18-6-5-15(17)19-16/h2-7,12,14,21H,8-10H2,1H3,(H2,17,18,19)/t12-,14+/m1/s1. The van der Waals surface area contributed by atoms with Crippen molar-refractivity contribution in [2.75, 3.05) is 19.4 Å². The van der Waals surface area contributed by atoms with E-state index in [0.717, 1.165) is 11.3 Å². The van der Waals surface area contributed by atoms with Crippen molar-refractivity contribution < 1.29 is 9.84 Å². The van der Waals surface area contributed by atoms with Crippen molar-refractivity contribution in [1.82, 2.24) is 14.9 Å². The Hall–Kier alpha value is -2.18. The summed E-state index contributed by atoms with van der Waals surface area (Å²) >= 11 is 0. The van der Waals surface area contributed by atoms with E-state index in [4.69, 9.17) is 10.5 Å². The van der Waals surface area contributed by atoms with Gasteiger partial charge in [-0.05, 0) is 30.2 Å². The Morgan fingerprint density at radius 1 is 1.41 bits per heavy atom. The fourth-order valence-corrected chi connectivity index (χ4v) is 2.92. The summed E-state index contributed by atoms with van der Waals surface area (Å²) in [6, 6.07) is 9.74. The van der Waals surface area contributed by atoms with Crippen LogP contribution >= 0.6 is 0 Å². The van der Waals surface area contributed by atoms with Gasteiger partial charge in [0.1, 0.15) is 17.4 Å². The molecule has 2 aromatic rings. The third kappa shape index (κ3) is 3.18. The lowest BCUT2D eigenvalue weighted by atomic mass is 10.0. The van der Waals surface area contributed by atoms with Crippen LogP contribution in [0.25, 0.3) is 0 Å². The minimum Gasteiger partial charge on any atom is -0.497 e. The second-order valence-corrected chi connectivity index (χ2v) is 5.51. The maximum Gasteiger partial charge on any atom is 0.144 e. The number of anilines is 1. The van der Waals surface area contributed by atoms with Crippen LogP contribution in [0.15, 0.2) is 36.5 Å². The zero-order chi connectivity index (χ0) is 15.5. The Balaban J connectivity index is 1.82. The van der Waals surface area contributed by atoms with Crippen LogP contribution in [0.1, 0.15) is 23.9 Å². The zero-order valence-corrected chi connectivity index (χ0v) is 12.5. The minimum atomic E-state index is -0.350. The number of nitrogens with zero attached hydrogens (tertiary/aromatic N) is 3. The van der Waals surface area contributed by atoms with Gasteiger partial charge in [0.05, 0.1) is 19.8 Å². The Bertz CT molecular complexity index is 650. The summed E-state index contributed by atoms with van der Waals surface area (Å²) in [6.45, 7) is 1.16. The maximum absolute atomic E-state index is 10.1. The maximum atomic E-state index is 10.1. The summed E-state index contributed by atoms with van der Waals surface area (Å²) in [5.41, 5.74) is 6.83. The van der Waals surface area contributed by atoms with Crippen molar-refractivity contribution in [1.29, 1.82) is 0 Å². The highest BCUT2D eigenvalue weighted by Crippen LogP contribution is 2.34. The molecule has 2 atom stereocenters.